The first-order valence-corrected chi connectivity index (χ1v) is 11.1. The maximum atomic E-state index is 15.0. The van der Waals surface area contributed by atoms with Crippen LogP contribution >= 0.6 is 0 Å². The van der Waals surface area contributed by atoms with Gasteiger partial charge in [-0.1, -0.05) is 18.1 Å². The van der Waals surface area contributed by atoms with Crippen molar-refractivity contribution in [1.82, 2.24) is 35.1 Å². The Hall–Kier alpha value is -3.33. The molecule has 1 aromatic carbocycles. The van der Waals surface area contributed by atoms with E-state index in [1.54, 1.807) is 29.2 Å². The molecule has 4 heterocycles. The lowest BCUT2D eigenvalue weighted by atomic mass is 9.83. The summed E-state index contributed by atoms with van der Waals surface area (Å²) in [6.45, 7) is 0.377. The highest BCUT2D eigenvalue weighted by Gasteiger charge is 2.43. The molecule has 0 radical (unpaired) electrons. The fourth-order valence-electron chi connectivity index (χ4n) is 5.33. The third kappa shape index (κ3) is 3.15. The molecule has 6 rings (SSSR count). The second-order valence-corrected chi connectivity index (χ2v) is 8.94. The number of hydrogen-bond donors (Lipinski definition) is 2. The van der Waals surface area contributed by atoms with E-state index in [2.05, 4.69) is 25.8 Å². The van der Waals surface area contributed by atoms with Crippen LogP contribution < -0.4 is 5.32 Å². The first kappa shape index (κ1) is 19.4. The minimum atomic E-state index is -0.966. The van der Waals surface area contributed by atoms with Crippen molar-refractivity contribution >= 4 is 11.0 Å². The van der Waals surface area contributed by atoms with E-state index in [1.165, 1.54) is 12.8 Å². The number of phenolic OH excluding ortho intramolecular Hbond substituents is 1. The fraction of sp³-hybridized carbons (Fsp3) is 0.391. The number of nitrogens with zero attached hydrogens (tertiary/aromatic N) is 6. The highest BCUT2D eigenvalue weighted by Crippen LogP contribution is 2.42. The number of benzene rings is 1. The van der Waals surface area contributed by atoms with E-state index in [-0.39, 0.29) is 17.3 Å². The van der Waals surface area contributed by atoms with Crippen molar-refractivity contribution < 1.29 is 9.50 Å². The van der Waals surface area contributed by atoms with Gasteiger partial charge in [0.1, 0.15) is 11.9 Å². The number of alkyl halides is 1. The molecular weight excluding hydrogens is 409 g/mol. The fourth-order valence-corrected chi connectivity index (χ4v) is 5.33. The molecule has 1 aliphatic carbocycles. The Morgan fingerprint density at radius 3 is 2.75 bits per heavy atom. The number of aromatic hydroxyl groups is 1. The molecule has 1 aliphatic heterocycles. The molecule has 9 heteroatoms. The molecule has 164 valence electrons. The zero-order valence-corrected chi connectivity index (χ0v) is 17.5. The van der Waals surface area contributed by atoms with Crippen molar-refractivity contribution in [2.75, 3.05) is 6.54 Å². The first-order chi connectivity index (χ1) is 15.6. The summed E-state index contributed by atoms with van der Waals surface area (Å²) in [7, 11) is 0. The van der Waals surface area contributed by atoms with Crippen LogP contribution in [-0.2, 0) is 0 Å². The number of rotatable bonds is 3. The minimum absolute atomic E-state index is 0.0504. The maximum absolute atomic E-state index is 15.0. The van der Waals surface area contributed by atoms with Crippen molar-refractivity contribution in [2.24, 2.45) is 0 Å². The van der Waals surface area contributed by atoms with E-state index in [4.69, 9.17) is 0 Å². The summed E-state index contributed by atoms with van der Waals surface area (Å²) in [5.41, 5.74) is 2.56. The minimum Gasteiger partial charge on any atom is -0.507 e. The summed E-state index contributed by atoms with van der Waals surface area (Å²) in [5, 5.41) is 31.5. The topological polar surface area (TPSA) is 93.7 Å². The van der Waals surface area contributed by atoms with E-state index >= 15 is 0 Å². The predicted molar refractivity (Wildman–Crippen MR) is 117 cm³/mol. The number of halogens is 1. The highest BCUT2D eigenvalue weighted by molar-refractivity contribution is 5.81. The van der Waals surface area contributed by atoms with E-state index in [0.29, 0.717) is 29.1 Å². The van der Waals surface area contributed by atoms with Gasteiger partial charge >= 0.3 is 0 Å². The third-order valence-electron chi connectivity index (χ3n) is 7.01. The number of nitrogens with one attached hydrogen (secondary N) is 1. The number of fused-ring (bicyclic) bond motifs is 1. The van der Waals surface area contributed by atoms with Gasteiger partial charge in [0.15, 0.2) is 5.65 Å². The smallest absolute Gasteiger partial charge is 0.162 e. The lowest BCUT2D eigenvalue weighted by Crippen LogP contribution is -2.54. The molecule has 1 spiro atoms. The normalized spacial score (nSPS) is 22.7. The van der Waals surface area contributed by atoms with Gasteiger partial charge in [-0.2, -0.15) is 0 Å². The zero-order chi connectivity index (χ0) is 21.7. The van der Waals surface area contributed by atoms with Gasteiger partial charge in [-0.05, 0) is 43.5 Å². The number of aromatic nitrogens is 6. The van der Waals surface area contributed by atoms with Crippen LogP contribution in [0.1, 0.15) is 38.1 Å². The van der Waals surface area contributed by atoms with E-state index in [1.807, 2.05) is 29.0 Å². The molecule has 1 saturated heterocycles. The van der Waals surface area contributed by atoms with Crippen LogP contribution in [0.5, 0.6) is 5.75 Å². The maximum Gasteiger partial charge on any atom is 0.162 e. The van der Waals surface area contributed by atoms with Gasteiger partial charge < -0.3 is 15.0 Å². The van der Waals surface area contributed by atoms with Crippen molar-refractivity contribution in [1.29, 1.82) is 0 Å². The molecule has 2 fully saturated rings. The Balaban J connectivity index is 1.33. The Morgan fingerprint density at radius 1 is 1.09 bits per heavy atom. The Bertz CT molecular complexity index is 1260. The summed E-state index contributed by atoms with van der Waals surface area (Å²) in [6.07, 6.45) is 9.62. The van der Waals surface area contributed by atoms with Crippen LogP contribution in [0, 0.1) is 0 Å². The van der Waals surface area contributed by atoms with Crippen LogP contribution in [0.15, 0.2) is 48.9 Å². The molecule has 3 aromatic heterocycles. The molecule has 4 aromatic rings. The van der Waals surface area contributed by atoms with Gasteiger partial charge in [0.25, 0.3) is 0 Å². The largest absolute Gasteiger partial charge is 0.507 e. The number of hydrogen-bond acceptors (Lipinski definition) is 6. The van der Waals surface area contributed by atoms with Crippen molar-refractivity contribution in [2.45, 2.75) is 49.9 Å². The SMILES string of the molecule is Oc1cc(-n2ccnn2)ccc1-c1cc2ccn([C@@H]3CC4(CCCC4)NC[C@@H]3F)c2nn1. The van der Waals surface area contributed by atoms with Crippen LogP contribution in [0.2, 0.25) is 0 Å². The summed E-state index contributed by atoms with van der Waals surface area (Å²) in [4.78, 5) is 0. The quantitative estimate of drug-likeness (QED) is 0.513. The van der Waals surface area contributed by atoms with Gasteiger partial charge in [0, 0.05) is 35.3 Å². The lowest BCUT2D eigenvalue weighted by molar-refractivity contribution is 0.109. The molecule has 2 N–H and O–H groups in total. The van der Waals surface area contributed by atoms with Gasteiger partial charge in [0.2, 0.25) is 0 Å². The highest BCUT2D eigenvalue weighted by atomic mass is 19.1. The number of piperidine rings is 1. The van der Waals surface area contributed by atoms with Crippen molar-refractivity contribution in [3.05, 3.63) is 48.9 Å². The average molecular weight is 433 g/mol. The second-order valence-electron chi connectivity index (χ2n) is 8.94. The predicted octanol–water partition coefficient (Wildman–Crippen LogP) is 3.57. The molecule has 0 unspecified atom stereocenters. The monoisotopic (exact) mass is 433 g/mol. The Labute approximate surface area is 184 Å². The van der Waals surface area contributed by atoms with Crippen molar-refractivity contribution in [3.63, 3.8) is 0 Å². The van der Waals surface area contributed by atoms with Crippen LogP contribution in [-0.4, -0.2) is 53.1 Å². The molecule has 1 saturated carbocycles. The summed E-state index contributed by atoms with van der Waals surface area (Å²) >= 11 is 0. The summed E-state index contributed by atoms with van der Waals surface area (Å²) in [5.74, 6) is 0.0800. The Morgan fingerprint density at radius 2 is 1.97 bits per heavy atom. The second kappa shape index (κ2) is 7.37. The van der Waals surface area contributed by atoms with Crippen LogP contribution in [0.25, 0.3) is 28.0 Å². The molecule has 8 nitrogen and oxygen atoms in total. The van der Waals surface area contributed by atoms with Crippen LogP contribution in [0.3, 0.4) is 0 Å². The molecule has 0 bridgehead atoms. The first-order valence-electron chi connectivity index (χ1n) is 11.1. The summed E-state index contributed by atoms with van der Waals surface area (Å²) in [6, 6.07) is 8.83. The van der Waals surface area contributed by atoms with Gasteiger partial charge in [-0.15, -0.1) is 15.3 Å². The number of phenols is 1. The Kier molecular flexibility index (Phi) is 4.46. The molecular formula is C23H24FN7O. The molecule has 0 amide bonds. The van der Waals surface area contributed by atoms with E-state index < -0.39 is 6.17 Å². The van der Waals surface area contributed by atoms with Crippen molar-refractivity contribution in [3.8, 4) is 22.7 Å². The third-order valence-corrected chi connectivity index (χ3v) is 7.01. The van der Waals surface area contributed by atoms with Gasteiger partial charge in [-0.25, -0.2) is 9.07 Å². The molecule has 2 atom stereocenters. The average Bonchev–Trinajstić information content (AvgIpc) is 3.57. The molecule has 2 aliphatic rings. The van der Waals surface area contributed by atoms with E-state index in [0.717, 1.165) is 24.6 Å². The zero-order valence-electron chi connectivity index (χ0n) is 17.5. The van der Waals surface area contributed by atoms with E-state index in [9.17, 15) is 9.50 Å². The van der Waals surface area contributed by atoms with Crippen LogP contribution in [0.4, 0.5) is 4.39 Å². The summed E-state index contributed by atoms with van der Waals surface area (Å²) < 4.78 is 18.5. The van der Waals surface area contributed by atoms with Gasteiger partial charge in [-0.3, -0.25) is 0 Å². The lowest BCUT2D eigenvalue weighted by Gasteiger charge is -2.41. The molecule has 32 heavy (non-hydrogen) atoms. The van der Waals surface area contributed by atoms with Gasteiger partial charge in [0.05, 0.1) is 29.8 Å². The standard InChI is InChI=1S/C23H24FN7O/c24-18-14-25-23(6-1-2-7-23)13-20(18)30-9-5-15-11-19(27-28-22(15)30)17-4-3-16(12-21(17)32)31-10-8-26-29-31/h3-5,8-12,18,20,25,32H,1-2,6-7,13-14H2/t18-,20+/m0/s1.